The summed E-state index contributed by atoms with van der Waals surface area (Å²) in [6.45, 7) is 1.25. The van der Waals surface area contributed by atoms with E-state index in [1.807, 2.05) is 18.2 Å². The predicted molar refractivity (Wildman–Crippen MR) is 130 cm³/mol. The number of hydrogen-bond donors (Lipinski definition) is 1. The van der Waals surface area contributed by atoms with E-state index < -0.39 is 33.1 Å². The Morgan fingerprint density at radius 3 is 2.23 bits per heavy atom. The van der Waals surface area contributed by atoms with Crippen molar-refractivity contribution in [2.24, 2.45) is 0 Å². The number of benzene rings is 2. The van der Waals surface area contributed by atoms with Crippen molar-refractivity contribution in [2.75, 3.05) is 12.4 Å². The number of anilines is 1. The van der Waals surface area contributed by atoms with Gasteiger partial charge in [0.1, 0.15) is 16.1 Å². The molecular weight excluding hydrogens is 474 g/mol. The molecule has 180 valence electrons. The molecule has 1 N–H and O–H groups in total. The van der Waals surface area contributed by atoms with E-state index in [1.54, 1.807) is 5.38 Å². The Hall–Kier alpha value is -4.12. The lowest BCUT2D eigenvalue weighted by Crippen LogP contribution is -2.15. The topological polar surface area (TPSA) is 142 Å². The van der Waals surface area contributed by atoms with Gasteiger partial charge in [0.2, 0.25) is 0 Å². The Labute approximate surface area is 203 Å². The number of aryl methyl sites for hydroxylation is 2. The van der Waals surface area contributed by atoms with Crippen LogP contribution in [0.2, 0.25) is 0 Å². The molecule has 1 aromatic heterocycles. The van der Waals surface area contributed by atoms with Crippen molar-refractivity contribution in [3.05, 3.63) is 83.8 Å². The van der Waals surface area contributed by atoms with Gasteiger partial charge in [-0.3, -0.25) is 25.0 Å². The maximum absolute atomic E-state index is 13.0. The zero-order valence-corrected chi connectivity index (χ0v) is 19.8. The number of ether oxygens (including phenoxy) is 1. The number of nitro benzene ring substituents is 2. The van der Waals surface area contributed by atoms with Gasteiger partial charge in [-0.1, -0.05) is 18.2 Å². The maximum atomic E-state index is 13.0. The van der Waals surface area contributed by atoms with Gasteiger partial charge in [0.05, 0.1) is 22.5 Å². The summed E-state index contributed by atoms with van der Waals surface area (Å²) in [5.74, 6) is -1.48. The number of methoxy groups -OCH3 is 1. The number of carbonyl (C=O) groups excluding carboxylic acids is 2. The molecule has 1 heterocycles. The van der Waals surface area contributed by atoms with Crippen molar-refractivity contribution < 1.29 is 24.2 Å². The van der Waals surface area contributed by atoms with Crippen molar-refractivity contribution in [1.29, 1.82) is 0 Å². The minimum Gasteiger partial charge on any atom is -0.465 e. The first kappa shape index (κ1) is 24.0. The van der Waals surface area contributed by atoms with Crippen LogP contribution in [0.1, 0.15) is 50.2 Å². The summed E-state index contributed by atoms with van der Waals surface area (Å²) in [5, 5.41) is 27.2. The first-order valence-corrected chi connectivity index (χ1v) is 11.7. The Kier molecular flexibility index (Phi) is 6.61. The van der Waals surface area contributed by atoms with Gasteiger partial charge in [0.25, 0.3) is 17.3 Å². The highest BCUT2D eigenvalue weighted by atomic mass is 32.1. The van der Waals surface area contributed by atoms with Crippen LogP contribution in [-0.4, -0.2) is 28.8 Å². The second-order valence-corrected chi connectivity index (χ2v) is 9.02. The third kappa shape index (κ3) is 4.62. The SMILES string of the molecule is COC(=O)c1c(-c2ccc3c(c2)CCCC3)csc1NC(=O)c1cc([N+](=O)[O-])c(C)c([N+](=O)[O-])c1. The number of esters is 1. The van der Waals surface area contributed by atoms with E-state index >= 15 is 0 Å². The molecule has 1 aliphatic carbocycles. The van der Waals surface area contributed by atoms with E-state index in [0.717, 1.165) is 54.7 Å². The second kappa shape index (κ2) is 9.63. The molecule has 11 heteroatoms. The second-order valence-electron chi connectivity index (χ2n) is 8.14. The van der Waals surface area contributed by atoms with E-state index in [-0.39, 0.29) is 21.7 Å². The molecule has 2 aromatic carbocycles. The zero-order valence-electron chi connectivity index (χ0n) is 19.0. The van der Waals surface area contributed by atoms with Gasteiger partial charge >= 0.3 is 5.97 Å². The summed E-state index contributed by atoms with van der Waals surface area (Å²) in [6.07, 6.45) is 4.21. The van der Waals surface area contributed by atoms with Crippen molar-refractivity contribution in [2.45, 2.75) is 32.6 Å². The molecule has 0 fully saturated rings. The quantitative estimate of drug-likeness (QED) is 0.272. The van der Waals surface area contributed by atoms with Gasteiger partial charge in [-0.15, -0.1) is 11.3 Å². The highest BCUT2D eigenvalue weighted by Crippen LogP contribution is 2.38. The van der Waals surface area contributed by atoms with Crippen LogP contribution in [0.3, 0.4) is 0 Å². The number of fused-ring (bicyclic) bond motifs is 1. The van der Waals surface area contributed by atoms with E-state index in [0.29, 0.717) is 5.56 Å². The summed E-state index contributed by atoms with van der Waals surface area (Å²) in [7, 11) is 1.23. The molecule has 0 atom stereocenters. The molecule has 0 saturated carbocycles. The summed E-state index contributed by atoms with van der Waals surface area (Å²) in [6, 6.07) is 7.98. The van der Waals surface area contributed by atoms with E-state index in [1.165, 1.54) is 25.2 Å². The fourth-order valence-corrected chi connectivity index (χ4v) is 5.19. The van der Waals surface area contributed by atoms with Gasteiger partial charge in [-0.2, -0.15) is 0 Å². The van der Waals surface area contributed by atoms with Gasteiger partial charge in [0, 0.05) is 23.1 Å². The first-order valence-electron chi connectivity index (χ1n) is 10.8. The summed E-state index contributed by atoms with van der Waals surface area (Å²) in [4.78, 5) is 46.8. The van der Waals surface area contributed by atoms with E-state index in [9.17, 15) is 29.8 Å². The number of thiophene rings is 1. The zero-order chi connectivity index (χ0) is 25.3. The number of rotatable bonds is 6. The Balaban J connectivity index is 1.73. The number of hydrogen-bond acceptors (Lipinski definition) is 8. The van der Waals surface area contributed by atoms with Crippen molar-refractivity contribution in [3.8, 4) is 11.1 Å². The van der Waals surface area contributed by atoms with E-state index in [4.69, 9.17) is 4.74 Å². The lowest BCUT2D eigenvalue weighted by atomic mass is 9.89. The lowest BCUT2D eigenvalue weighted by Gasteiger charge is -2.16. The highest BCUT2D eigenvalue weighted by molar-refractivity contribution is 7.15. The first-order chi connectivity index (χ1) is 16.7. The van der Waals surface area contributed by atoms with Crippen LogP contribution < -0.4 is 5.32 Å². The van der Waals surface area contributed by atoms with Gasteiger partial charge in [-0.25, -0.2) is 4.79 Å². The molecule has 0 aliphatic heterocycles. The molecule has 0 radical (unpaired) electrons. The highest BCUT2D eigenvalue weighted by Gasteiger charge is 2.28. The predicted octanol–water partition coefficient (Wildman–Crippen LogP) is 5.46. The van der Waals surface area contributed by atoms with Crippen LogP contribution in [0.4, 0.5) is 16.4 Å². The Morgan fingerprint density at radius 2 is 1.63 bits per heavy atom. The summed E-state index contributed by atoms with van der Waals surface area (Å²) < 4.78 is 4.95. The van der Waals surface area contributed by atoms with Gasteiger partial charge in [-0.05, 0) is 49.3 Å². The molecule has 3 aromatic rings. The molecule has 35 heavy (non-hydrogen) atoms. The average molecular weight is 496 g/mol. The number of carbonyl (C=O) groups is 2. The van der Waals surface area contributed by atoms with E-state index in [2.05, 4.69) is 5.32 Å². The molecule has 0 bridgehead atoms. The average Bonchev–Trinajstić information content (AvgIpc) is 3.26. The smallest absolute Gasteiger partial charge is 0.341 e. The Bertz CT molecular complexity index is 1340. The molecule has 0 spiro atoms. The molecule has 10 nitrogen and oxygen atoms in total. The molecule has 1 amide bonds. The molecule has 4 rings (SSSR count). The third-order valence-electron chi connectivity index (χ3n) is 6.08. The third-order valence-corrected chi connectivity index (χ3v) is 6.97. The standard InChI is InChI=1S/C24H21N3O7S/c1-13-19(26(30)31)10-17(11-20(13)27(32)33)22(28)25-23-21(24(29)34-2)18(12-35-23)16-8-7-14-5-3-4-6-15(14)9-16/h7-12H,3-6H2,1-2H3,(H,25,28). The number of nitro groups is 2. The van der Waals surface area contributed by atoms with Crippen molar-refractivity contribution in [1.82, 2.24) is 0 Å². The van der Waals surface area contributed by atoms with Crippen molar-refractivity contribution >= 4 is 39.6 Å². The van der Waals surface area contributed by atoms with Crippen LogP contribution in [0.25, 0.3) is 11.1 Å². The number of amides is 1. The van der Waals surface area contributed by atoms with Crippen LogP contribution in [0.15, 0.2) is 35.7 Å². The maximum Gasteiger partial charge on any atom is 0.341 e. The number of nitrogens with zero attached hydrogens (tertiary/aromatic N) is 2. The van der Waals surface area contributed by atoms with Crippen LogP contribution >= 0.6 is 11.3 Å². The minimum absolute atomic E-state index is 0.151. The summed E-state index contributed by atoms with van der Waals surface area (Å²) in [5.41, 5.74) is 2.54. The lowest BCUT2D eigenvalue weighted by molar-refractivity contribution is -0.395. The van der Waals surface area contributed by atoms with Crippen LogP contribution in [0.5, 0.6) is 0 Å². The normalized spacial score (nSPS) is 12.5. The van der Waals surface area contributed by atoms with Gasteiger partial charge < -0.3 is 10.1 Å². The largest absolute Gasteiger partial charge is 0.465 e. The van der Waals surface area contributed by atoms with Crippen LogP contribution in [-0.2, 0) is 17.6 Å². The monoisotopic (exact) mass is 495 g/mol. The summed E-state index contributed by atoms with van der Waals surface area (Å²) >= 11 is 1.10. The molecule has 1 aliphatic rings. The fourth-order valence-electron chi connectivity index (χ4n) is 4.24. The fraction of sp³-hybridized carbons (Fsp3) is 0.250. The van der Waals surface area contributed by atoms with Crippen molar-refractivity contribution in [3.63, 3.8) is 0 Å². The molecule has 0 unspecified atom stereocenters. The van der Waals surface area contributed by atoms with Gasteiger partial charge in [0.15, 0.2) is 0 Å². The Morgan fingerprint density at radius 1 is 1.00 bits per heavy atom. The van der Waals surface area contributed by atoms with Crippen LogP contribution in [0, 0.1) is 27.2 Å². The minimum atomic E-state index is -0.819. The molecular formula is C24H21N3O7S. The number of nitrogens with one attached hydrogen (secondary N) is 1. The molecule has 0 saturated heterocycles.